The van der Waals surface area contributed by atoms with Gasteiger partial charge in [-0.25, -0.2) is 4.98 Å². The Morgan fingerprint density at radius 2 is 2.21 bits per heavy atom. The molecule has 1 N–H and O–H groups in total. The van der Waals surface area contributed by atoms with Crippen molar-refractivity contribution in [2.75, 3.05) is 0 Å². The topological polar surface area (TPSA) is 46.5 Å². The molecular formula is C13H18N4S2. The van der Waals surface area contributed by atoms with Gasteiger partial charge >= 0.3 is 0 Å². The fraction of sp³-hybridized carbons (Fsp3) is 0.615. The molecular weight excluding hydrogens is 276 g/mol. The van der Waals surface area contributed by atoms with Crippen LogP contribution in [0.4, 0.5) is 0 Å². The summed E-state index contributed by atoms with van der Waals surface area (Å²) in [5.41, 5.74) is 1.16. The molecule has 1 saturated carbocycles. The summed E-state index contributed by atoms with van der Waals surface area (Å²) in [7, 11) is 0. The van der Waals surface area contributed by atoms with Crippen LogP contribution >= 0.6 is 23.6 Å². The molecule has 2 aromatic heterocycles. The molecule has 3 rings (SSSR count). The SMILES string of the molecule is CCn1c(-c2sc(C3CC3)nc2C(C)C)n[nH]c1=S. The normalized spacial score (nSPS) is 15.4. The lowest BCUT2D eigenvalue weighted by atomic mass is 10.1. The van der Waals surface area contributed by atoms with Crippen LogP contribution in [-0.2, 0) is 6.54 Å². The zero-order valence-corrected chi connectivity index (χ0v) is 13.1. The van der Waals surface area contributed by atoms with Crippen molar-refractivity contribution in [2.45, 2.75) is 52.0 Å². The maximum Gasteiger partial charge on any atom is 0.195 e. The van der Waals surface area contributed by atoms with Gasteiger partial charge in [-0.05, 0) is 37.9 Å². The van der Waals surface area contributed by atoms with E-state index in [0.717, 1.165) is 18.1 Å². The molecule has 0 aliphatic heterocycles. The number of aromatic amines is 1. The average molecular weight is 294 g/mol. The molecule has 2 aromatic rings. The molecule has 0 atom stereocenters. The lowest BCUT2D eigenvalue weighted by Gasteiger charge is -2.05. The van der Waals surface area contributed by atoms with E-state index < -0.39 is 0 Å². The Morgan fingerprint density at radius 3 is 2.79 bits per heavy atom. The molecule has 2 heterocycles. The number of nitrogens with one attached hydrogen (secondary N) is 1. The number of H-pyrrole nitrogens is 1. The maximum absolute atomic E-state index is 5.28. The Bertz CT molecular complexity index is 646. The van der Waals surface area contributed by atoms with Gasteiger partial charge in [0.1, 0.15) is 0 Å². The quantitative estimate of drug-likeness (QED) is 0.864. The van der Waals surface area contributed by atoms with Gasteiger partial charge in [-0.1, -0.05) is 13.8 Å². The van der Waals surface area contributed by atoms with Crippen molar-refractivity contribution < 1.29 is 0 Å². The summed E-state index contributed by atoms with van der Waals surface area (Å²) >= 11 is 7.07. The summed E-state index contributed by atoms with van der Waals surface area (Å²) in [5, 5.41) is 8.58. The molecule has 0 radical (unpaired) electrons. The van der Waals surface area contributed by atoms with Gasteiger partial charge in [-0.2, -0.15) is 5.10 Å². The molecule has 0 saturated heterocycles. The first kappa shape index (κ1) is 13.0. The highest BCUT2D eigenvalue weighted by Crippen LogP contribution is 2.45. The monoisotopic (exact) mass is 294 g/mol. The number of aromatic nitrogens is 4. The van der Waals surface area contributed by atoms with Crippen LogP contribution in [0.2, 0.25) is 0 Å². The van der Waals surface area contributed by atoms with Crippen molar-refractivity contribution in [3.8, 4) is 10.7 Å². The second kappa shape index (κ2) is 4.83. The molecule has 19 heavy (non-hydrogen) atoms. The minimum absolute atomic E-state index is 0.411. The minimum Gasteiger partial charge on any atom is -0.300 e. The van der Waals surface area contributed by atoms with Gasteiger partial charge in [0.05, 0.1) is 15.6 Å². The summed E-state index contributed by atoms with van der Waals surface area (Å²) in [6.45, 7) is 7.30. The highest BCUT2D eigenvalue weighted by Gasteiger charge is 2.30. The summed E-state index contributed by atoms with van der Waals surface area (Å²) < 4.78 is 2.74. The van der Waals surface area contributed by atoms with Crippen LogP contribution in [0.25, 0.3) is 10.7 Å². The van der Waals surface area contributed by atoms with E-state index >= 15 is 0 Å². The molecule has 0 unspecified atom stereocenters. The van der Waals surface area contributed by atoms with E-state index in [2.05, 4.69) is 31.0 Å². The van der Waals surface area contributed by atoms with Gasteiger partial charge in [0.2, 0.25) is 0 Å². The molecule has 1 fully saturated rings. The Labute approximate surface area is 121 Å². The molecule has 0 aromatic carbocycles. The van der Waals surface area contributed by atoms with Crippen LogP contribution in [0, 0.1) is 4.77 Å². The van der Waals surface area contributed by atoms with E-state index in [4.69, 9.17) is 17.2 Å². The zero-order chi connectivity index (χ0) is 13.6. The van der Waals surface area contributed by atoms with Crippen molar-refractivity contribution in [2.24, 2.45) is 0 Å². The lowest BCUT2D eigenvalue weighted by molar-refractivity contribution is 0.752. The first-order chi connectivity index (χ1) is 9.11. The highest BCUT2D eigenvalue weighted by molar-refractivity contribution is 7.71. The molecule has 1 aliphatic rings. The zero-order valence-electron chi connectivity index (χ0n) is 11.4. The van der Waals surface area contributed by atoms with Gasteiger partial charge in [0, 0.05) is 12.5 Å². The van der Waals surface area contributed by atoms with Crippen molar-refractivity contribution in [1.29, 1.82) is 0 Å². The predicted octanol–water partition coefficient (Wildman–Crippen LogP) is 4.08. The molecule has 0 amide bonds. The fourth-order valence-corrected chi connectivity index (χ4v) is 3.84. The van der Waals surface area contributed by atoms with Crippen LogP contribution < -0.4 is 0 Å². The van der Waals surface area contributed by atoms with Gasteiger partial charge in [0.25, 0.3) is 0 Å². The second-order valence-corrected chi connectivity index (χ2v) is 6.71. The third-order valence-corrected chi connectivity index (χ3v) is 4.96. The fourth-order valence-electron chi connectivity index (χ4n) is 2.19. The molecule has 6 heteroatoms. The first-order valence-electron chi connectivity index (χ1n) is 6.78. The molecule has 4 nitrogen and oxygen atoms in total. The van der Waals surface area contributed by atoms with Gasteiger partial charge in [-0.3, -0.25) is 9.67 Å². The second-order valence-electron chi connectivity index (χ2n) is 5.29. The summed E-state index contributed by atoms with van der Waals surface area (Å²) in [4.78, 5) is 6.04. The summed E-state index contributed by atoms with van der Waals surface area (Å²) in [5.74, 6) is 2.04. The van der Waals surface area contributed by atoms with Crippen molar-refractivity contribution in [3.63, 3.8) is 0 Å². The predicted molar refractivity (Wildman–Crippen MR) is 80.3 cm³/mol. The van der Waals surface area contributed by atoms with E-state index in [9.17, 15) is 0 Å². The van der Waals surface area contributed by atoms with E-state index in [0.29, 0.717) is 16.6 Å². The van der Waals surface area contributed by atoms with Crippen molar-refractivity contribution >= 4 is 23.6 Å². The van der Waals surface area contributed by atoms with E-state index in [1.54, 1.807) is 11.3 Å². The number of thiazole rings is 1. The smallest absolute Gasteiger partial charge is 0.195 e. The number of hydrogen-bond acceptors (Lipinski definition) is 4. The average Bonchev–Trinajstić information content (AvgIpc) is 3.01. The van der Waals surface area contributed by atoms with Crippen LogP contribution in [0.15, 0.2) is 0 Å². The molecule has 1 aliphatic carbocycles. The van der Waals surface area contributed by atoms with E-state index in [1.165, 1.54) is 22.7 Å². The highest BCUT2D eigenvalue weighted by atomic mass is 32.1. The van der Waals surface area contributed by atoms with E-state index in [1.807, 2.05) is 4.57 Å². The molecule has 102 valence electrons. The van der Waals surface area contributed by atoms with Gasteiger partial charge < -0.3 is 0 Å². The van der Waals surface area contributed by atoms with Gasteiger partial charge in [0.15, 0.2) is 10.6 Å². The third kappa shape index (κ3) is 2.27. The van der Waals surface area contributed by atoms with Crippen LogP contribution in [0.3, 0.4) is 0 Å². The van der Waals surface area contributed by atoms with Gasteiger partial charge in [-0.15, -0.1) is 11.3 Å². The number of nitrogens with zero attached hydrogens (tertiary/aromatic N) is 3. The summed E-state index contributed by atoms with van der Waals surface area (Å²) in [6, 6.07) is 0. The van der Waals surface area contributed by atoms with Crippen LogP contribution in [-0.4, -0.2) is 19.7 Å². The van der Waals surface area contributed by atoms with E-state index in [-0.39, 0.29) is 0 Å². The lowest BCUT2D eigenvalue weighted by Crippen LogP contribution is -1.99. The Morgan fingerprint density at radius 1 is 1.47 bits per heavy atom. The summed E-state index contributed by atoms with van der Waals surface area (Å²) in [6.07, 6.45) is 2.57. The van der Waals surface area contributed by atoms with Crippen molar-refractivity contribution in [3.05, 3.63) is 15.5 Å². The Kier molecular flexibility index (Phi) is 3.30. The molecule has 0 bridgehead atoms. The maximum atomic E-state index is 5.28. The third-order valence-electron chi connectivity index (χ3n) is 3.42. The Hall–Kier alpha value is -1.01. The van der Waals surface area contributed by atoms with Crippen LogP contribution in [0.1, 0.15) is 56.2 Å². The first-order valence-corrected chi connectivity index (χ1v) is 8.00. The minimum atomic E-state index is 0.411. The number of rotatable bonds is 4. The largest absolute Gasteiger partial charge is 0.300 e. The standard InChI is InChI=1S/C13H18N4S2/c1-4-17-11(15-16-13(17)18)10-9(7(2)3)14-12(19-10)8-5-6-8/h7-8H,4-6H2,1-3H3,(H,16,18). The Balaban J connectivity index is 2.14. The van der Waals surface area contributed by atoms with Crippen molar-refractivity contribution in [1.82, 2.24) is 19.7 Å². The number of hydrogen-bond donors (Lipinski definition) is 1. The van der Waals surface area contributed by atoms with Crippen LogP contribution in [0.5, 0.6) is 0 Å². The molecule has 0 spiro atoms.